The van der Waals surface area contributed by atoms with Crippen LogP contribution in [0, 0.1) is 0 Å². The van der Waals surface area contributed by atoms with Gasteiger partial charge < -0.3 is 9.47 Å². The van der Waals surface area contributed by atoms with E-state index in [9.17, 15) is 4.21 Å². The molecule has 3 nitrogen and oxygen atoms in total. The van der Waals surface area contributed by atoms with Crippen molar-refractivity contribution in [3.63, 3.8) is 0 Å². The third-order valence-corrected chi connectivity index (χ3v) is 6.60. The van der Waals surface area contributed by atoms with E-state index in [2.05, 4.69) is 0 Å². The van der Waals surface area contributed by atoms with Crippen molar-refractivity contribution >= 4 is 22.6 Å². The molecule has 0 aromatic rings. The SMILES string of the molecule is COC1CC(SC)(S(C)=O)CC1OC. The summed E-state index contributed by atoms with van der Waals surface area (Å²) in [6.45, 7) is 0. The largest absolute Gasteiger partial charge is 0.379 e. The Morgan fingerprint density at radius 1 is 1.29 bits per heavy atom. The molecule has 1 aliphatic carbocycles. The van der Waals surface area contributed by atoms with Crippen LogP contribution in [0.1, 0.15) is 12.8 Å². The van der Waals surface area contributed by atoms with Crippen LogP contribution in [0.2, 0.25) is 0 Å². The third-order valence-electron chi connectivity index (χ3n) is 2.94. The maximum atomic E-state index is 11.7. The van der Waals surface area contributed by atoms with Crippen LogP contribution in [0.15, 0.2) is 0 Å². The minimum Gasteiger partial charge on any atom is -0.379 e. The second-order valence-electron chi connectivity index (χ2n) is 3.53. The number of hydrogen-bond donors (Lipinski definition) is 0. The molecule has 14 heavy (non-hydrogen) atoms. The first-order chi connectivity index (χ1) is 6.59. The molecule has 0 aromatic heterocycles. The van der Waals surface area contributed by atoms with Crippen LogP contribution in [0.4, 0.5) is 0 Å². The van der Waals surface area contributed by atoms with Crippen LogP contribution in [-0.4, -0.2) is 47.2 Å². The Morgan fingerprint density at radius 2 is 1.71 bits per heavy atom. The molecule has 1 rings (SSSR count). The van der Waals surface area contributed by atoms with Gasteiger partial charge in [-0.3, -0.25) is 4.21 Å². The van der Waals surface area contributed by atoms with Crippen molar-refractivity contribution in [1.29, 1.82) is 0 Å². The van der Waals surface area contributed by atoms with Crippen molar-refractivity contribution < 1.29 is 13.7 Å². The van der Waals surface area contributed by atoms with E-state index in [-0.39, 0.29) is 16.3 Å². The average Bonchev–Trinajstić information content (AvgIpc) is 2.57. The number of rotatable bonds is 4. The van der Waals surface area contributed by atoms with E-state index in [1.165, 1.54) is 0 Å². The van der Waals surface area contributed by atoms with Gasteiger partial charge in [-0.1, -0.05) is 0 Å². The Labute approximate surface area is 92.4 Å². The molecule has 0 heterocycles. The standard InChI is InChI=1S/C9H18O3S2/c1-11-7-5-9(13-3,14(4)10)6-8(7)12-2/h7-8H,5-6H2,1-4H3. The smallest absolute Gasteiger partial charge is 0.0954 e. The highest BCUT2D eigenvalue weighted by Gasteiger charge is 2.48. The zero-order chi connectivity index (χ0) is 10.8. The van der Waals surface area contributed by atoms with Gasteiger partial charge in [-0.05, 0) is 6.26 Å². The molecule has 5 heteroatoms. The van der Waals surface area contributed by atoms with E-state index < -0.39 is 10.8 Å². The molecule has 84 valence electrons. The summed E-state index contributed by atoms with van der Waals surface area (Å²) in [6, 6.07) is 0. The quantitative estimate of drug-likeness (QED) is 0.738. The lowest BCUT2D eigenvalue weighted by Gasteiger charge is -2.23. The Morgan fingerprint density at radius 3 is 1.93 bits per heavy atom. The minimum atomic E-state index is -0.841. The number of thioether (sulfide) groups is 1. The third kappa shape index (κ3) is 2.15. The molecular formula is C9H18O3S2. The molecule has 0 radical (unpaired) electrons. The van der Waals surface area contributed by atoms with Gasteiger partial charge in [-0.2, -0.15) is 0 Å². The zero-order valence-corrected chi connectivity index (χ0v) is 10.7. The van der Waals surface area contributed by atoms with Crippen molar-refractivity contribution in [2.45, 2.75) is 29.1 Å². The van der Waals surface area contributed by atoms with Crippen LogP contribution in [0.5, 0.6) is 0 Å². The fraction of sp³-hybridized carbons (Fsp3) is 1.00. The van der Waals surface area contributed by atoms with Gasteiger partial charge >= 0.3 is 0 Å². The zero-order valence-electron chi connectivity index (χ0n) is 9.11. The first-order valence-corrected chi connectivity index (χ1v) is 7.32. The van der Waals surface area contributed by atoms with Gasteiger partial charge in [0.15, 0.2) is 0 Å². The summed E-state index contributed by atoms with van der Waals surface area (Å²) in [5, 5.41) is 0. The molecule has 0 aromatic carbocycles. The van der Waals surface area contributed by atoms with Crippen molar-refractivity contribution in [2.75, 3.05) is 26.7 Å². The van der Waals surface area contributed by atoms with E-state index in [4.69, 9.17) is 9.47 Å². The Balaban J connectivity index is 2.80. The maximum absolute atomic E-state index is 11.7. The Kier molecular flexibility index (Phi) is 4.43. The number of ether oxygens (including phenoxy) is 2. The van der Waals surface area contributed by atoms with Gasteiger partial charge in [-0.15, -0.1) is 11.8 Å². The first-order valence-electron chi connectivity index (χ1n) is 4.54. The van der Waals surface area contributed by atoms with E-state index in [1.54, 1.807) is 32.2 Å². The van der Waals surface area contributed by atoms with Crippen molar-refractivity contribution in [1.82, 2.24) is 0 Å². The molecule has 0 aliphatic heterocycles. The highest BCUT2D eigenvalue weighted by Crippen LogP contribution is 2.44. The van der Waals surface area contributed by atoms with E-state index >= 15 is 0 Å². The van der Waals surface area contributed by atoms with Crippen molar-refractivity contribution in [3.8, 4) is 0 Å². The normalized spacial score (nSPS) is 40.0. The maximum Gasteiger partial charge on any atom is 0.0954 e. The molecule has 0 spiro atoms. The van der Waals surface area contributed by atoms with E-state index in [0.717, 1.165) is 12.8 Å². The summed E-state index contributed by atoms with van der Waals surface area (Å²) in [5.74, 6) is 0. The predicted molar refractivity (Wildman–Crippen MR) is 61.1 cm³/mol. The van der Waals surface area contributed by atoms with Crippen LogP contribution < -0.4 is 0 Å². The monoisotopic (exact) mass is 238 g/mol. The highest BCUT2D eigenvalue weighted by atomic mass is 32.2. The molecular weight excluding hydrogens is 220 g/mol. The molecule has 1 aliphatic rings. The van der Waals surface area contributed by atoms with Crippen LogP contribution in [0.25, 0.3) is 0 Å². The first kappa shape index (κ1) is 12.5. The van der Waals surface area contributed by atoms with Crippen LogP contribution in [0.3, 0.4) is 0 Å². The minimum absolute atomic E-state index is 0.0800. The van der Waals surface area contributed by atoms with Gasteiger partial charge in [0.05, 0.1) is 16.3 Å². The summed E-state index contributed by atoms with van der Waals surface area (Å²) in [4.78, 5) is 0. The molecule has 0 saturated heterocycles. The van der Waals surface area contributed by atoms with Crippen molar-refractivity contribution in [3.05, 3.63) is 0 Å². The molecule has 1 fully saturated rings. The Hall–Kier alpha value is 0.420. The number of hydrogen-bond acceptors (Lipinski definition) is 4. The summed E-state index contributed by atoms with van der Waals surface area (Å²) in [5.41, 5.74) is 0. The molecule has 3 unspecified atom stereocenters. The average molecular weight is 238 g/mol. The summed E-state index contributed by atoms with van der Waals surface area (Å²) >= 11 is 1.67. The topological polar surface area (TPSA) is 35.5 Å². The van der Waals surface area contributed by atoms with Gasteiger partial charge in [-0.25, -0.2) is 0 Å². The van der Waals surface area contributed by atoms with Gasteiger partial charge in [0.1, 0.15) is 0 Å². The van der Waals surface area contributed by atoms with Crippen LogP contribution in [-0.2, 0) is 20.3 Å². The Bertz CT molecular complexity index is 208. The van der Waals surface area contributed by atoms with Crippen molar-refractivity contribution in [2.24, 2.45) is 0 Å². The van der Waals surface area contributed by atoms with Gasteiger partial charge in [0, 0.05) is 44.1 Å². The number of methoxy groups -OCH3 is 2. The van der Waals surface area contributed by atoms with Crippen LogP contribution >= 0.6 is 11.8 Å². The van der Waals surface area contributed by atoms with E-state index in [1.807, 2.05) is 6.26 Å². The fourth-order valence-corrected chi connectivity index (χ4v) is 4.35. The molecule has 3 atom stereocenters. The van der Waals surface area contributed by atoms with E-state index in [0.29, 0.717) is 0 Å². The summed E-state index contributed by atoms with van der Waals surface area (Å²) < 4.78 is 22.2. The predicted octanol–water partition coefficient (Wildman–Crippen LogP) is 1.25. The molecule has 0 N–H and O–H groups in total. The van der Waals surface area contributed by atoms with Gasteiger partial charge in [0.2, 0.25) is 0 Å². The summed E-state index contributed by atoms with van der Waals surface area (Å²) in [7, 11) is 2.53. The van der Waals surface area contributed by atoms with Gasteiger partial charge in [0.25, 0.3) is 0 Å². The lowest BCUT2D eigenvalue weighted by molar-refractivity contribution is -0.0157. The second-order valence-corrected chi connectivity index (χ2v) is 6.66. The molecule has 0 amide bonds. The molecule has 0 bridgehead atoms. The second kappa shape index (κ2) is 4.96. The lowest BCUT2D eigenvalue weighted by Crippen LogP contribution is -2.27. The molecule has 1 saturated carbocycles. The fourth-order valence-electron chi connectivity index (χ4n) is 1.95. The highest BCUT2D eigenvalue weighted by molar-refractivity contribution is 8.11. The summed E-state index contributed by atoms with van der Waals surface area (Å²) in [6.07, 6.45) is 5.55. The lowest BCUT2D eigenvalue weighted by atomic mass is 10.3.